The second kappa shape index (κ2) is 39.9. The summed E-state index contributed by atoms with van der Waals surface area (Å²) in [6.07, 6.45) is 3.21. The molecule has 0 radical (unpaired) electrons. The van der Waals surface area contributed by atoms with Crippen LogP contribution in [0.15, 0.2) is 140 Å². The van der Waals surface area contributed by atoms with Crippen LogP contribution in [0.1, 0.15) is 95.0 Å². The summed E-state index contributed by atoms with van der Waals surface area (Å²) >= 11 is 6.28. The van der Waals surface area contributed by atoms with Gasteiger partial charge < -0.3 is 85.3 Å². The third-order valence-electron chi connectivity index (χ3n) is 19.3. The number of aliphatic hydroxyl groups is 1. The van der Waals surface area contributed by atoms with Gasteiger partial charge in [-0.05, 0) is 119 Å². The molecule has 11 amide bonds. The standard InChI is InChI=1S/C78H97ClN22O12/c1-8-43(4)64(74(113)101-32-12-16-62(101)71(110)84-44(5)65(80)104)93-70(109)56(33-42(2)3)88-68(107)59(36-47-20-27-54(28-21-47)86-77-94-75(81)96-98-77)91-72(111)63(39-48-22-29-55(30-23-48)87-78-95-76(82)97-99-78)100(7)73(112)61(41-102)92-69(108)60(38-50-13-11-31-83-40-50)90-67(106)58(35-46-18-25-53(79)26-19-46)89-66(105)57(85-45(6)103)37-49-17-24-51-14-9-10-15-52(51)34-49/h9-11,13-15,17-31,34,40,42-44,56-64,102H,8,12,16,32-33,35-39,41H2,1-7H3,(H2,80,104)(H,84,110)(H,85,103)(H,88,107)(H,89,105)(H,90,106)(H,91,111)(H,92,108)(H,93,109)(H4,81,86,94,96,98)(H4,82,87,95,97,99)/t43-,44+,56-,57+,58+,59+,60+,61-,62-,63-,64-/m0/s1. The van der Waals surface area contributed by atoms with Crippen LogP contribution in [0.3, 0.4) is 0 Å². The number of H-pyrrole nitrogens is 2. The summed E-state index contributed by atoms with van der Waals surface area (Å²) in [6.45, 7) is 9.02. The maximum atomic E-state index is 15.7. The molecule has 1 aliphatic heterocycles. The molecule has 0 aliphatic carbocycles. The molecule has 34 nitrogen and oxygen atoms in total. The van der Waals surface area contributed by atoms with Gasteiger partial charge in [-0.2, -0.15) is 9.97 Å². The highest BCUT2D eigenvalue weighted by atomic mass is 35.5. The number of amides is 11. The van der Waals surface area contributed by atoms with Crippen molar-refractivity contribution in [3.8, 4) is 0 Å². The van der Waals surface area contributed by atoms with Crippen LogP contribution in [0.4, 0.5) is 35.2 Å². The average Bonchev–Trinajstić information content (AvgIpc) is 1.78. The molecular formula is C78H97ClN22O12. The van der Waals surface area contributed by atoms with Crippen LogP contribution in [-0.4, -0.2) is 196 Å². The van der Waals surface area contributed by atoms with E-state index in [1.807, 2.05) is 63.2 Å². The smallest absolute Gasteiger partial charge is 0.247 e. The van der Waals surface area contributed by atoms with Crippen LogP contribution in [-0.2, 0) is 84.8 Å². The summed E-state index contributed by atoms with van der Waals surface area (Å²) in [5, 5.41) is 54.7. The molecule has 1 saturated heterocycles. The molecule has 3 aromatic heterocycles. The first kappa shape index (κ1) is 84.4. The lowest BCUT2D eigenvalue weighted by Gasteiger charge is -2.33. The van der Waals surface area contributed by atoms with Crippen LogP contribution in [0.5, 0.6) is 0 Å². The Kier molecular flexibility index (Phi) is 29.8. The molecule has 0 bridgehead atoms. The highest BCUT2D eigenvalue weighted by molar-refractivity contribution is 6.30. The minimum Gasteiger partial charge on any atom is -0.394 e. The molecule has 598 valence electrons. The molecule has 19 N–H and O–H groups in total. The van der Waals surface area contributed by atoms with E-state index in [9.17, 15) is 33.9 Å². The SMILES string of the molecule is CC[C@H](C)[C@H](NC(=O)[C@H](CC(C)C)NC(=O)[C@@H](Cc1ccc(Nc2nc(N)n[nH]2)cc1)NC(=O)[C@H](Cc1ccc(Nc2nc(N)n[nH]2)cc1)N(C)C(=O)[C@H](CO)NC(=O)[C@@H](Cc1cccnc1)NC(=O)[C@@H](Cc1ccc(Cl)cc1)NC(=O)[C@@H](Cc1ccc2ccccc2c1)NC(C)=O)C(=O)N1CCC[C@H]1C(=O)N[C@H](C)C(N)=O. The van der Waals surface area contributed by atoms with Gasteiger partial charge in [0, 0.05) is 81.4 Å². The number of primary amides is 1. The number of aromatic amines is 2. The summed E-state index contributed by atoms with van der Waals surface area (Å²) < 4.78 is 0. The fourth-order valence-electron chi connectivity index (χ4n) is 13.0. The first-order chi connectivity index (χ1) is 54.0. The average molecular weight is 1570 g/mol. The fraction of sp³-hybridized carbons (Fsp3) is 0.385. The highest BCUT2D eigenvalue weighted by Gasteiger charge is 2.42. The van der Waals surface area contributed by atoms with Crippen LogP contribution in [0.2, 0.25) is 5.02 Å². The lowest BCUT2D eigenvalue weighted by atomic mass is 9.95. The van der Waals surface area contributed by atoms with Crippen LogP contribution >= 0.6 is 11.6 Å². The summed E-state index contributed by atoms with van der Waals surface area (Å²) in [5.74, 6) is -8.95. The Hall–Kier alpha value is -12.6. The number of pyridine rings is 1. The van der Waals surface area contributed by atoms with Crippen molar-refractivity contribution in [1.29, 1.82) is 0 Å². The van der Waals surface area contributed by atoms with E-state index in [4.69, 9.17) is 28.8 Å². The Balaban J connectivity index is 1.01. The molecular weight excluding hydrogens is 1470 g/mol. The minimum atomic E-state index is -1.84. The number of nitrogen functional groups attached to an aromatic ring is 2. The number of carbonyl (C=O) groups excluding carboxylic acids is 11. The van der Waals surface area contributed by atoms with Gasteiger partial charge in [-0.3, -0.25) is 57.7 Å². The van der Waals surface area contributed by atoms with Crippen LogP contribution < -0.4 is 70.4 Å². The Bertz CT molecular complexity index is 4650. The number of likely N-dealkylation sites (tertiary alicyclic amines) is 1. The van der Waals surface area contributed by atoms with Crippen LogP contribution in [0, 0.1) is 11.8 Å². The Morgan fingerprint density at radius 2 is 1.06 bits per heavy atom. The molecule has 0 spiro atoms. The van der Waals surface area contributed by atoms with Gasteiger partial charge in [0.15, 0.2) is 0 Å². The summed E-state index contributed by atoms with van der Waals surface area (Å²) in [4.78, 5) is 174. The molecule has 1 fully saturated rings. The van der Waals surface area contributed by atoms with Gasteiger partial charge in [0.25, 0.3) is 0 Å². The summed E-state index contributed by atoms with van der Waals surface area (Å²) in [7, 11) is 1.26. The highest BCUT2D eigenvalue weighted by Crippen LogP contribution is 2.25. The normalized spacial score (nSPS) is 15.2. The number of nitrogens with zero attached hydrogens (tertiary/aromatic N) is 7. The van der Waals surface area contributed by atoms with E-state index in [-0.39, 0.29) is 81.2 Å². The number of nitrogens with one attached hydrogen (secondary N) is 12. The van der Waals surface area contributed by atoms with Crippen molar-refractivity contribution >= 4 is 123 Å². The molecule has 11 atom stereocenters. The number of aliphatic hydroxyl groups excluding tert-OH is 1. The second-order valence-corrected chi connectivity index (χ2v) is 28.9. The number of hydrogen-bond donors (Lipinski definition) is 16. The van der Waals surface area contributed by atoms with Crippen molar-refractivity contribution in [3.63, 3.8) is 0 Å². The molecule has 5 aromatic carbocycles. The largest absolute Gasteiger partial charge is 0.394 e. The third-order valence-corrected chi connectivity index (χ3v) is 19.6. The fourth-order valence-corrected chi connectivity index (χ4v) is 13.1. The maximum absolute atomic E-state index is 15.7. The van der Waals surface area contributed by atoms with Gasteiger partial charge in [-0.25, -0.2) is 10.2 Å². The van der Waals surface area contributed by atoms with Gasteiger partial charge in [-0.1, -0.05) is 131 Å². The predicted octanol–water partition coefficient (Wildman–Crippen LogP) is 2.60. The molecule has 4 heterocycles. The molecule has 0 unspecified atom stereocenters. The quantitative estimate of drug-likeness (QED) is 0.0264. The van der Waals surface area contributed by atoms with E-state index in [0.29, 0.717) is 57.1 Å². The second-order valence-electron chi connectivity index (χ2n) is 28.4. The molecule has 113 heavy (non-hydrogen) atoms. The third kappa shape index (κ3) is 24.2. The van der Waals surface area contributed by atoms with E-state index in [0.717, 1.165) is 15.7 Å². The zero-order chi connectivity index (χ0) is 81.6. The lowest BCUT2D eigenvalue weighted by molar-refractivity contribution is -0.144. The van der Waals surface area contributed by atoms with Crippen molar-refractivity contribution in [2.45, 2.75) is 160 Å². The number of hydrogen-bond acceptors (Lipinski definition) is 21. The van der Waals surface area contributed by atoms with Crippen molar-refractivity contribution in [1.82, 2.24) is 87.7 Å². The number of fused-ring (bicyclic) bond motifs is 1. The summed E-state index contributed by atoms with van der Waals surface area (Å²) in [6, 6.07) is 22.6. The van der Waals surface area contributed by atoms with Gasteiger partial charge in [0.05, 0.1) is 6.61 Å². The van der Waals surface area contributed by atoms with Gasteiger partial charge in [0.1, 0.15) is 60.4 Å². The Labute approximate surface area is 657 Å². The number of rotatable bonds is 38. The van der Waals surface area contributed by atoms with E-state index in [1.165, 1.54) is 38.2 Å². The van der Waals surface area contributed by atoms with Crippen LogP contribution in [0.25, 0.3) is 10.8 Å². The number of anilines is 6. The number of benzene rings is 5. The molecule has 9 rings (SSSR count). The molecule has 8 aromatic rings. The minimum absolute atomic E-state index is 0.0143. The number of nitrogens with two attached hydrogens (primary N) is 3. The number of aromatic nitrogens is 7. The topological polar surface area (TPSA) is 509 Å². The van der Waals surface area contributed by atoms with Crippen molar-refractivity contribution in [3.05, 3.63) is 173 Å². The van der Waals surface area contributed by atoms with Crippen molar-refractivity contribution in [2.24, 2.45) is 17.6 Å². The van der Waals surface area contributed by atoms with Crippen molar-refractivity contribution in [2.75, 3.05) is 42.3 Å². The van der Waals surface area contributed by atoms with E-state index >= 15 is 24.0 Å². The number of carbonyl (C=O) groups is 11. The van der Waals surface area contributed by atoms with Crippen molar-refractivity contribution < 1.29 is 57.8 Å². The van der Waals surface area contributed by atoms with Gasteiger partial charge in [-0.15, -0.1) is 10.2 Å². The number of likely N-dealkylation sites (N-methyl/N-ethyl adjacent to an activating group) is 1. The van der Waals surface area contributed by atoms with E-state index < -0.39 is 138 Å². The first-order valence-electron chi connectivity index (χ1n) is 37.1. The maximum Gasteiger partial charge on any atom is 0.247 e. The zero-order valence-electron chi connectivity index (χ0n) is 63.7. The van der Waals surface area contributed by atoms with Gasteiger partial charge in [0.2, 0.25) is 88.8 Å². The Morgan fingerprint density at radius 3 is 1.57 bits per heavy atom. The summed E-state index contributed by atoms with van der Waals surface area (Å²) in [5.41, 5.74) is 20.6. The zero-order valence-corrected chi connectivity index (χ0v) is 64.4. The Morgan fingerprint density at radius 1 is 0.575 bits per heavy atom. The van der Waals surface area contributed by atoms with E-state index in [1.54, 1.807) is 91.9 Å². The molecule has 35 heteroatoms. The predicted molar refractivity (Wildman–Crippen MR) is 422 cm³/mol. The number of halogens is 1. The molecule has 0 saturated carbocycles. The first-order valence-corrected chi connectivity index (χ1v) is 37.4. The van der Waals surface area contributed by atoms with E-state index in [2.05, 4.69) is 88.5 Å². The molecule has 1 aliphatic rings. The monoisotopic (exact) mass is 1570 g/mol. The lowest BCUT2D eigenvalue weighted by Crippen LogP contribution is -2.62. The van der Waals surface area contributed by atoms with Gasteiger partial charge >= 0.3 is 0 Å².